The molecule has 0 aliphatic heterocycles. The highest BCUT2D eigenvalue weighted by molar-refractivity contribution is 5.78. The summed E-state index contributed by atoms with van der Waals surface area (Å²) in [4.78, 5) is 16.0. The van der Waals surface area contributed by atoms with Crippen molar-refractivity contribution in [2.45, 2.75) is 13.0 Å². The first-order valence-electron chi connectivity index (χ1n) is 6.77. The largest absolute Gasteiger partial charge is 0.463 e. The Labute approximate surface area is 124 Å². The van der Waals surface area contributed by atoms with Crippen LogP contribution >= 0.6 is 0 Å². The number of ether oxygens (including phenoxy) is 2. The first-order chi connectivity index (χ1) is 10.3. The molecule has 108 valence electrons. The Morgan fingerprint density at radius 1 is 1.19 bits per heavy atom. The van der Waals surface area contributed by atoms with Crippen LogP contribution in [0, 0.1) is 0 Å². The number of hydrogen-bond acceptors (Lipinski definition) is 4. The Kier molecular flexibility index (Phi) is 5.52. The molecule has 2 aromatic rings. The molecular formula is C17H17NO3. The molecule has 2 rings (SSSR count). The van der Waals surface area contributed by atoms with Crippen LogP contribution in [-0.4, -0.2) is 23.7 Å². The highest BCUT2D eigenvalue weighted by atomic mass is 16.6. The van der Waals surface area contributed by atoms with Gasteiger partial charge in [0.05, 0.1) is 6.61 Å². The van der Waals surface area contributed by atoms with Crippen molar-refractivity contribution in [1.82, 2.24) is 4.98 Å². The molecule has 21 heavy (non-hydrogen) atoms. The molecular weight excluding hydrogens is 266 g/mol. The predicted molar refractivity (Wildman–Crippen MR) is 80.8 cm³/mol. The van der Waals surface area contributed by atoms with E-state index < -0.39 is 12.1 Å². The summed E-state index contributed by atoms with van der Waals surface area (Å²) in [6, 6.07) is 15.0. The van der Waals surface area contributed by atoms with E-state index in [0.29, 0.717) is 12.5 Å². The molecule has 4 nitrogen and oxygen atoms in total. The number of pyridine rings is 1. The molecule has 0 N–H and O–H groups in total. The van der Waals surface area contributed by atoms with Crippen molar-refractivity contribution in [3.63, 3.8) is 0 Å². The smallest absolute Gasteiger partial charge is 0.351 e. The van der Waals surface area contributed by atoms with Gasteiger partial charge in [-0.2, -0.15) is 0 Å². The molecule has 1 aromatic heterocycles. The maximum absolute atomic E-state index is 11.9. The molecule has 1 unspecified atom stereocenters. The van der Waals surface area contributed by atoms with Crippen molar-refractivity contribution in [2.75, 3.05) is 6.61 Å². The van der Waals surface area contributed by atoms with Crippen LogP contribution in [0.2, 0.25) is 0 Å². The van der Waals surface area contributed by atoms with Gasteiger partial charge in [0, 0.05) is 12.3 Å². The fourth-order valence-electron chi connectivity index (χ4n) is 1.70. The molecule has 0 fully saturated rings. The fraction of sp³-hybridized carbons (Fsp3) is 0.176. The minimum absolute atomic E-state index is 0.306. The van der Waals surface area contributed by atoms with Crippen molar-refractivity contribution >= 4 is 12.0 Å². The minimum Gasteiger partial charge on any atom is -0.463 e. The molecule has 4 heteroatoms. The van der Waals surface area contributed by atoms with Crippen LogP contribution in [0.1, 0.15) is 12.5 Å². The SMILES string of the molecule is CCOC(=O)C(/C=C/c1ccccc1)Oc1ccccn1. The Morgan fingerprint density at radius 2 is 1.95 bits per heavy atom. The van der Waals surface area contributed by atoms with Gasteiger partial charge >= 0.3 is 5.97 Å². The molecule has 0 aliphatic rings. The number of carbonyl (C=O) groups excluding carboxylic acids is 1. The number of nitrogens with zero attached hydrogens (tertiary/aromatic N) is 1. The van der Waals surface area contributed by atoms with Gasteiger partial charge in [-0.25, -0.2) is 9.78 Å². The van der Waals surface area contributed by atoms with Gasteiger partial charge in [0.15, 0.2) is 0 Å². The van der Waals surface area contributed by atoms with Gasteiger partial charge in [0.25, 0.3) is 0 Å². The van der Waals surface area contributed by atoms with E-state index in [0.717, 1.165) is 5.56 Å². The maximum Gasteiger partial charge on any atom is 0.351 e. The molecule has 0 radical (unpaired) electrons. The molecule has 0 amide bonds. The van der Waals surface area contributed by atoms with E-state index in [9.17, 15) is 4.79 Å². The van der Waals surface area contributed by atoms with Crippen molar-refractivity contribution < 1.29 is 14.3 Å². The van der Waals surface area contributed by atoms with E-state index in [-0.39, 0.29) is 0 Å². The summed E-state index contributed by atoms with van der Waals surface area (Å²) < 4.78 is 10.6. The van der Waals surface area contributed by atoms with Gasteiger partial charge < -0.3 is 9.47 Å². The van der Waals surface area contributed by atoms with E-state index in [1.807, 2.05) is 36.4 Å². The lowest BCUT2D eigenvalue weighted by Gasteiger charge is -2.13. The average Bonchev–Trinajstić information content (AvgIpc) is 2.53. The van der Waals surface area contributed by atoms with E-state index in [1.165, 1.54) is 0 Å². The highest BCUT2D eigenvalue weighted by Crippen LogP contribution is 2.11. The minimum atomic E-state index is -0.819. The second kappa shape index (κ2) is 7.85. The third-order valence-corrected chi connectivity index (χ3v) is 2.67. The predicted octanol–water partition coefficient (Wildman–Crippen LogP) is 3.11. The summed E-state index contributed by atoms with van der Waals surface area (Å²) in [5.74, 6) is -0.0522. The second-order valence-electron chi connectivity index (χ2n) is 4.23. The van der Waals surface area contributed by atoms with E-state index in [2.05, 4.69) is 4.98 Å². The zero-order valence-electron chi connectivity index (χ0n) is 11.8. The normalized spacial score (nSPS) is 12.0. The van der Waals surface area contributed by atoms with Gasteiger partial charge in [0.2, 0.25) is 12.0 Å². The Hall–Kier alpha value is -2.62. The lowest BCUT2D eigenvalue weighted by molar-refractivity contribution is -0.149. The standard InChI is InChI=1S/C17H17NO3/c1-2-20-17(19)15(21-16-10-6-7-13-18-16)12-11-14-8-4-3-5-9-14/h3-13,15H,2H2,1H3/b12-11+. The van der Waals surface area contributed by atoms with Crippen molar-refractivity contribution in [1.29, 1.82) is 0 Å². The van der Waals surface area contributed by atoms with Crippen LogP contribution in [0.25, 0.3) is 6.08 Å². The maximum atomic E-state index is 11.9. The zero-order chi connectivity index (χ0) is 14.9. The van der Waals surface area contributed by atoms with Crippen LogP contribution in [0.5, 0.6) is 5.88 Å². The van der Waals surface area contributed by atoms with E-state index in [4.69, 9.17) is 9.47 Å². The summed E-state index contributed by atoms with van der Waals surface area (Å²) >= 11 is 0. The summed E-state index contributed by atoms with van der Waals surface area (Å²) in [7, 11) is 0. The van der Waals surface area contributed by atoms with Crippen LogP contribution in [-0.2, 0) is 9.53 Å². The van der Waals surface area contributed by atoms with Gasteiger partial charge in [-0.1, -0.05) is 42.5 Å². The first-order valence-corrected chi connectivity index (χ1v) is 6.77. The molecule has 0 saturated carbocycles. The summed E-state index contributed by atoms with van der Waals surface area (Å²) in [5, 5.41) is 0. The molecule has 0 spiro atoms. The summed E-state index contributed by atoms with van der Waals surface area (Å²) in [6.07, 6.45) is 4.28. The van der Waals surface area contributed by atoms with E-state index in [1.54, 1.807) is 37.4 Å². The van der Waals surface area contributed by atoms with Gasteiger partial charge in [0.1, 0.15) is 0 Å². The van der Waals surface area contributed by atoms with E-state index >= 15 is 0 Å². The lowest BCUT2D eigenvalue weighted by Crippen LogP contribution is -2.27. The highest BCUT2D eigenvalue weighted by Gasteiger charge is 2.19. The van der Waals surface area contributed by atoms with Gasteiger partial charge in [-0.05, 0) is 24.6 Å². The Bertz CT molecular complexity index is 581. The number of rotatable bonds is 6. The number of benzene rings is 1. The van der Waals surface area contributed by atoms with Crippen LogP contribution in [0.15, 0.2) is 60.8 Å². The lowest BCUT2D eigenvalue weighted by atomic mass is 10.2. The summed E-state index contributed by atoms with van der Waals surface area (Å²) in [6.45, 7) is 2.07. The number of hydrogen-bond donors (Lipinski definition) is 0. The Balaban J connectivity index is 2.12. The second-order valence-corrected chi connectivity index (χ2v) is 4.23. The first kappa shape index (κ1) is 14.8. The molecule has 1 heterocycles. The molecule has 0 saturated heterocycles. The van der Waals surface area contributed by atoms with Crippen molar-refractivity contribution in [3.05, 3.63) is 66.4 Å². The molecule has 0 aliphatic carbocycles. The van der Waals surface area contributed by atoms with Crippen LogP contribution in [0.4, 0.5) is 0 Å². The number of carbonyl (C=O) groups is 1. The number of esters is 1. The quantitative estimate of drug-likeness (QED) is 0.764. The fourth-order valence-corrected chi connectivity index (χ4v) is 1.70. The topological polar surface area (TPSA) is 48.4 Å². The zero-order valence-corrected chi connectivity index (χ0v) is 11.8. The molecule has 0 bridgehead atoms. The van der Waals surface area contributed by atoms with Crippen molar-refractivity contribution in [2.24, 2.45) is 0 Å². The molecule has 1 aromatic carbocycles. The van der Waals surface area contributed by atoms with Crippen molar-refractivity contribution in [3.8, 4) is 5.88 Å². The van der Waals surface area contributed by atoms with Gasteiger partial charge in [-0.3, -0.25) is 0 Å². The third kappa shape index (κ3) is 4.76. The average molecular weight is 283 g/mol. The van der Waals surface area contributed by atoms with Crippen LogP contribution < -0.4 is 4.74 Å². The Morgan fingerprint density at radius 3 is 2.62 bits per heavy atom. The third-order valence-electron chi connectivity index (χ3n) is 2.67. The van der Waals surface area contributed by atoms with Crippen LogP contribution in [0.3, 0.4) is 0 Å². The summed E-state index contributed by atoms with van der Waals surface area (Å²) in [5.41, 5.74) is 0.983. The monoisotopic (exact) mass is 283 g/mol. The number of aromatic nitrogens is 1. The van der Waals surface area contributed by atoms with Gasteiger partial charge in [-0.15, -0.1) is 0 Å². The molecule has 1 atom stereocenters.